The van der Waals surface area contributed by atoms with Gasteiger partial charge in [-0.15, -0.1) is 11.8 Å². The summed E-state index contributed by atoms with van der Waals surface area (Å²) in [6.07, 6.45) is 0. The van der Waals surface area contributed by atoms with E-state index in [1.54, 1.807) is 11.8 Å². The van der Waals surface area contributed by atoms with Gasteiger partial charge in [0, 0.05) is 0 Å². The Morgan fingerprint density at radius 2 is 1.32 bits per heavy atom. The fraction of sp³-hybridized carbons (Fsp3) is 0.208. The third kappa shape index (κ3) is 3.03. The van der Waals surface area contributed by atoms with E-state index >= 15 is 0 Å². The molecule has 142 valence electrons. The summed E-state index contributed by atoms with van der Waals surface area (Å²) >= 11 is 1.62. The topological polar surface area (TPSA) is 38.3 Å². The van der Waals surface area contributed by atoms with Crippen LogP contribution in [0.5, 0.6) is 0 Å². The number of rotatable bonds is 4. The maximum Gasteiger partial charge on any atom is 0.336 e. The number of benzene rings is 3. The van der Waals surface area contributed by atoms with E-state index in [0.29, 0.717) is 0 Å². The van der Waals surface area contributed by atoms with E-state index in [2.05, 4.69) is 66.0 Å². The van der Waals surface area contributed by atoms with Gasteiger partial charge in [0.2, 0.25) is 0 Å². The highest BCUT2D eigenvalue weighted by Crippen LogP contribution is 2.60. The summed E-state index contributed by atoms with van der Waals surface area (Å²) in [6, 6.07) is 31.0. The Morgan fingerprint density at radius 1 is 0.857 bits per heavy atom. The minimum Gasteiger partial charge on any atom is -0.467 e. The van der Waals surface area contributed by atoms with Gasteiger partial charge in [-0.1, -0.05) is 91.0 Å². The van der Waals surface area contributed by atoms with Crippen molar-refractivity contribution in [2.45, 2.75) is 22.6 Å². The van der Waals surface area contributed by atoms with Crippen molar-refractivity contribution in [2.24, 2.45) is 0 Å². The fourth-order valence-electron chi connectivity index (χ4n) is 4.04. The molecule has 3 nitrogen and oxygen atoms in total. The molecule has 0 aliphatic carbocycles. The normalized spacial score (nSPS) is 23.3. The Bertz CT molecular complexity index is 907. The second-order valence-corrected chi connectivity index (χ2v) is 8.75. The minimum absolute atomic E-state index is 0.104. The summed E-state index contributed by atoms with van der Waals surface area (Å²) in [5.74, 6) is -0.271. The molecule has 1 aliphatic rings. The third-order valence-corrected chi connectivity index (χ3v) is 7.03. The molecule has 1 N–H and O–H groups in total. The summed E-state index contributed by atoms with van der Waals surface area (Å²) in [7, 11) is 1.44. The van der Waals surface area contributed by atoms with Crippen LogP contribution in [0.2, 0.25) is 0 Å². The molecule has 3 aromatic rings. The third-order valence-electron chi connectivity index (χ3n) is 5.30. The fourth-order valence-corrected chi connectivity index (χ4v) is 5.84. The molecule has 1 fully saturated rings. The summed E-state index contributed by atoms with van der Waals surface area (Å²) in [6.45, 7) is 1.91. The number of nitrogens with one attached hydrogen (secondary N) is 1. The first-order valence-corrected chi connectivity index (χ1v) is 10.1. The summed E-state index contributed by atoms with van der Waals surface area (Å²) in [5, 5.41) is 3.61. The van der Waals surface area contributed by atoms with Crippen molar-refractivity contribution < 1.29 is 9.53 Å². The lowest BCUT2D eigenvalue weighted by molar-refractivity contribution is -0.144. The Balaban J connectivity index is 1.99. The number of methoxy groups -OCH3 is 1. The zero-order chi connectivity index (χ0) is 19.6. The van der Waals surface area contributed by atoms with Crippen molar-refractivity contribution in [2.75, 3.05) is 7.11 Å². The van der Waals surface area contributed by atoms with E-state index in [4.69, 9.17) is 4.74 Å². The lowest BCUT2D eigenvalue weighted by Crippen LogP contribution is -2.44. The number of esters is 1. The highest BCUT2D eigenvalue weighted by molar-refractivity contribution is 8.02. The number of hydrogen-bond acceptors (Lipinski definition) is 4. The van der Waals surface area contributed by atoms with Gasteiger partial charge in [-0.25, -0.2) is 4.79 Å². The predicted octanol–water partition coefficient (Wildman–Crippen LogP) is 4.90. The Labute approximate surface area is 170 Å². The first-order valence-electron chi connectivity index (χ1n) is 9.32. The second kappa shape index (κ2) is 7.46. The molecule has 2 atom stereocenters. The van der Waals surface area contributed by atoms with Crippen LogP contribution < -0.4 is 5.32 Å². The summed E-state index contributed by atoms with van der Waals surface area (Å²) < 4.78 is 4.68. The number of thioether (sulfide) groups is 1. The van der Waals surface area contributed by atoms with Gasteiger partial charge in [0.15, 0.2) is 4.87 Å². The van der Waals surface area contributed by atoms with Crippen molar-refractivity contribution in [3.8, 4) is 0 Å². The number of hydrogen-bond donors (Lipinski definition) is 1. The zero-order valence-corrected chi connectivity index (χ0v) is 16.8. The monoisotopic (exact) mass is 389 g/mol. The van der Waals surface area contributed by atoms with Gasteiger partial charge < -0.3 is 4.74 Å². The lowest BCUT2D eigenvalue weighted by atomic mass is 9.80. The van der Waals surface area contributed by atoms with Gasteiger partial charge in [-0.05, 0) is 23.6 Å². The van der Waals surface area contributed by atoms with Crippen LogP contribution in [-0.2, 0) is 14.3 Å². The van der Waals surface area contributed by atoms with Gasteiger partial charge in [0.25, 0.3) is 0 Å². The molecule has 0 amide bonds. The van der Waals surface area contributed by atoms with Crippen molar-refractivity contribution in [3.63, 3.8) is 0 Å². The Hall–Kier alpha value is -2.56. The molecule has 0 spiro atoms. The molecule has 0 bridgehead atoms. The van der Waals surface area contributed by atoms with Gasteiger partial charge in [0.1, 0.15) is 0 Å². The first kappa shape index (κ1) is 18.8. The molecule has 0 radical (unpaired) electrons. The molecule has 1 aliphatic heterocycles. The number of carbonyl (C=O) groups is 1. The second-order valence-electron chi connectivity index (χ2n) is 7.08. The van der Waals surface area contributed by atoms with Crippen LogP contribution in [0.15, 0.2) is 91.0 Å². The highest BCUT2D eigenvalue weighted by atomic mass is 32.2. The van der Waals surface area contributed by atoms with Gasteiger partial charge >= 0.3 is 5.97 Å². The molecule has 1 saturated heterocycles. The Kier molecular flexibility index (Phi) is 5.00. The SMILES string of the molecule is COC(=O)[C@]1(C)N[C@@H](c2ccccc2)C(c2ccccc2)(c2ccccc2)S1. The maximum atomic E-state index is 12.8. The van der Waals surface area contributed by atoms with Gasteiger partial charge in [-0.3, -0.25) is 5.32 Å². The van der Waals surface area contributed by atoms with Crippen LogP contribution >= 0.6 is 11.8 Å². The van der Waals surface area contributed by atoms with E-state index in [0.717, 1.165) is 16.7 Å². The van der Waals surface area contributed by atoms with Crippen LogP contribution in [-0.4, -0.2) is 18.0 Å². The van der Waals surface area contributed by atoms with Crippen molar-refractivity contribution in [3.05, 3.63) is 108 Å². The molecular weight excluding hydrogens is 366 g/mol. The molecule has 0 saturated carbocycles. The minimum atomic E-state index is -0.874. The van der Waals surface area contributed by atoms with Crippen LogP contribution in [0.4, 0.5) is 0 Å². The van der Waals surface area contributed by atoms with Crippen molar-refractivity contribution in [1.82, 2.24) is 5.32 Å². The van der Waals surface area contributed by atoms with E-state index < -0.39 is 9.62 Å². The molecule has 1 heterocycles. The standard InChI is InChI=1S/C24H23NO2S/c1-23(22(26)27-2)25-21(18-12-6-3-7-13-18)24(28-23,19-14-8-4-9-15-19)20-16-10-5-11-17-20/h3-17,21,25H,1-2H3/t21-,23+/m0/s1. The molecule has 3 aromatic carbocycles. The largest absolute Gasteiger partial charge is 0.467 e. The molecular formula is C24H23NO2S. The quantitative estimate of drug-likeness (QED) is 0.645. The van der Waals surface area contributed by atoms with Crippen LogP contribution in [0.25, 0.3) is 0 Å². The summed E-state index contributed by atoms with van der Waals surface area (Å²) in [5.41, 5.74) is 3.44. The van der Waals surface area contributed by atoms with Gasteiger partial charge in [-0.2, -0.15) is 0 Å². The molecule has 28 heavy (non-hydrogen) atoms. The molecule has 0 unspecified atom stereocenters. The van der Waals surface area contributed by atoms with Crippen LogP contribution in [0, 0.1) is 0 Å². The number of carbonyl (C=O) groups excluding carboxylic acids is 1. The molecule has 4 rings (SSSR count). The van der Waals surface area contributed by atoms with Crippen molar-refractivity contribution in [1.29, 1.82) is 0 Å². The summed E-state index contributed by atoms with van der Waals surface area (Å²) in [4.78, 5) is 11.9. The van der Waals surface area contributed by atoms with Crippen LogP contribution in [0.1, 0.15) is 29.7 Å². The number of ether oxygens (including phenoxy) is 1. The van der Waals surface area contributed by atoms with Gasteiger partial charge in [0.05, 0.1) is 17.9 Å². The lowest BCUT2D eigenvalue weighted by Gasteiger charge is -2.35. The van der Waals surface area contributed by atoms with Crippen molar-refractivity contribution >= 4 is 17.7 Å². The molecule has 0 aromatic heterocycles. The maximum absolute atomic E-state index is 12.8. The van der Waals surface area contributed by atoms with E-state index in [1.807, 2.05) is 37.3 Å². The smallest absolute Gasteiger partial charge is 0.336 e. The van der Waals surface area contributed by atoms with E-state index in [-0.39, 0.29) is 12.0 Å². The Morgan fingerprint density at radius 3 is 1.79 bits per heavy atom. The highest BCUT2D eigenvalue weighted by Gasteiger charge is 2.59. The average molecular weight is 390 g/mol. The molecule has 4 heteroatoms. The predicted molar refractivity (Wildman–Crippen MR) is 114 cm³/mol. The van der Waals surface area contributed by atoms with Crippen LogP contribution in [0.3, 0.4) is 0 Å². The van der Waals surface area contributed by atoms with E-state index in [1.165, 1.54) is 7.11 Å². The average Bonchev–Trinajstić information content (AvgIpc) is 3.11. The zero-order valence-electron chi connectivity index (χ0n) is 16.0. The van der Waals surface area contributed by atoms with E-state index in [9.17, 15) is 4.79 Å². The first-order chi connectivity index (χ1) is 13.6.